The summed E-state index contributed by atoms with van der Waals surface area (Å²) in [6.45, 7) is 4.75. The molecular weight excluding hydrogens is 128 g/mol. The van der Waals surface area contributed by atoms with Crippen LogP contribution in [-0.2, 0) is 0 Å². The second kappa shape index (κ2) is 2.15. The third kappa shape index (κ3) is 1.08. The lowest BCUT2D eigenvalue weighted by molar-refractivity contribution is 0.185. The molecule has 2 amide bonds. The van der Waals surface area contributed by atoms with Gasteiger partial charge in [0.05, 0.1) is 0 Å². The lowest BCUT2D eigenvalue weighted by Crippen LogP contribution is -2.43. The van der Waals surface area contributed by atoms with E-state index in [1.807, 2.05) is 6.92 Å². The van der Waals surface area contributed by atoms with Gasteiger partial charge in [0, 0.05) is 12.1 Å². The second-order valence-electron chi connectivity index (χ2n) is 3.08. The van der Waals surface area contributed by atoms with E-state index in [0.717, 1.165) is 19.4 Å². The average molecular weight is 142 g/mol. The molecular formula is C7H14N2O. The lowest BCUT2D eigenvalue weighted by atomic mass is 10.3. The molecule has 0 unspecified atom stereocenters. The fourth-order valence-corrected chi connectivity index (χ4v) is 1.25. The van der Waals surface area contributed by atoms with Crippen molar-refractivity contribution in [2.45, 2.75) is 32.2 Å². The van der Waals surface area contributed by atoms with E-state index in [2.05, 4.69) is 6.92 Å². The Balaban J connectivity index is 2.57. The van der Waals surface area contributed by atoms with Crippen LogP contribution in [0.3, 0.4) is 0 Å². The highest BCUT2D eigenvalue weighted by Crippen LogP contribution is 2.40. The number of rotatable bonds is 2. The van der Waals surface area contributed by atoms with Crippen molar-refractivity contribution in [1.82, 2.24) is 4.90 Å². The van der Waals surface area contributed by atoms with Crippen LogP contribution >= 0.6 is 0 Å². The molecule has 0 saturated heterocycles. The molecule has 0 spiro atoms. The average Bonchev–Trinajstić information content (AvgIpc) is 2.49. The normalized spacial score (nSPS) is 20.2. The van der Waals surface area contributed by atoms with Crippen molar-refractivity contribution in [3.63, 3.8) is 0 Å². The molecule has 0 radical (unpaired) electrons. The Kier molecular flexibility index (Phi) is 1.58. The Morgan fingerprint density at radius 1 is 1.70 bits per heavy atom. The summed E-state index contributed by atoms with van der Waals surface area (Å²) in [5.41, 5.74) is 5.26. The van der Waals surface area contributed by atoms with Crippen LogP contribution in [0, 0.1) is 0 Å². The molecule has 3 nitrogen and oxygen atoms in total. The number of primary amides is 1. The van der Waals surface area contributed by atoms with Gasteiger partial charge in [0.15, 0.2) is 0 Å². The minimum atomic E-state index is -0.289. The number of hydrogen-bond donors (Lipinski definition) is 1. The minimum Gasteiger partial charge on any atom is -0.351 e. The smallest absolute Gasteiger partial charge is 0.315 e. The van der Waals surface area contributed by atoms with Crippen LogP contribution < -0.4 is 5.73 Å². The molecule has 0 heterocycles. The van der Waals surface area contributed by atoms with Crippen LogP contribution in [0.2, 0.25) is 0 Å². The Morgan fingerprint density at radius 3 is 2.30 bits per heavy atom. The van der Waals surface area contributed by atoms with Crippen LogP contribution in [0.5, 0.6) is 0 Å². The molecule has 10 heavy (non-hydrogen) atoms. The van der Waals surface area contributed by atoms with Gasteiger partial charge in [0.2, 0.25) is 0 Å². The third-order valence-corrected chi connectivity index (χ3v) is 2.21. The predicted octanol–water partition coefficient (Wildman–Crippen LogP) is 0.940. The molecule has 1 aliphatic carbocycles. The topological polar surface area (TPSA) is 46.3 Å². The van der Waals surface area contributed by atoms with Crippen LogP contribution in [0.15, 0.2) is 0 Å². The molecule has 1 aliphatic rings. The zero-order valence-corrected chi connectivity index (χ0v) is 6.55. The van der Waals surface area contributed by atoms with E-state index in [9.17, 15) is 4.79 Å². The standard InChI is InChI=1S/C7H14N2O/c1-3-9(6(8)10)7(2)4-5-7/h3-5H2,1-2H3,(H2,8,10). The highest BCUT2D eigenvalue weighted by atomic mass is 16.2. The van der Waals surface area contributed by atoms with Gasteiger partial charge in [-0.2, -0.15) is 0 Å². The SMILES string of the molecule is CCN(C(N)=O)C1(C)CC1. The van der Waals surface area contributed by atoms with Gasteiger partial charge >= 0.3 is 6.03 Å². The molecule has 0 bridgehead atoms. The maximum Gasteiger partial charge on any atom is 0.315 e. The van der Waals surface area contributed by atoms with Gasteiger partial charge in [-0.25, -0.2) is 4.79 Å². The highest BCUT2D eigenvalue weighted by Gasteiger charge is 2.44. The fourth-order valence-electron chi connectivity index (χ4n) is 1.25. The van der Waals surface area contributed by atoms with Gasteiger partial charge < -0.3 is 10.6 Å². The zero-order valence-electron chi connectivity index (χ0n) is 6.55. The van der Waals surface area contributed by atoms with E-state index in [1.165, 1.54) is 0 Å². The van der Waals surface area contributed by atoms with Crippen molar-refractivity contribution >= 4 is 6.03 Å². The number of urea groups is 1. The summed E-state index contributed by atoms with van der Waals surface area (Å²) in [6, 6.07) is -0.289. The van der Waals surface area contributed by atoms with Gasteiger partial charge in [0.1, 0.15) is 0 Å². The monoisotopic (exact) mass is 142 g/mol. The largest absolute Gasteiger partial charge is 0.351 e. The molecule has 3 heteroatoms. The quantitative estimate of drug-likeness (QED) is 0.612. The first-order valence-corrected chi connectivity index (χ1v) is 3.67. The molecule has 0 aromatic heterocycles. The van der Waals surface area contributed by atoms with Crippen molar-refractivity contribution in [1.29, 1.82) is 0 Å². The molecule has 0 aliphatic heterocycles. The molecule has 0 aromatic rings. The summed E-state index contributed by atoms with van der Waals surface area (Å²) in [7, 11) is 0. The maximum atomic E-state index is 10.8. The van der Waals surface area contributed by atoms with Crippen molar-refractivity contribution < 1.29 is 4.79 Å². The van der Waals surface area contributed by atoms with E-state index < -0.39 is 0 Å². The van der Waals surface area contributed by atoms with E-state index in [0.29, 0.717) is 0 Å². The molecule has 2 N–H and O–H groups in total. The van der Waals surface area contributed by atoms with Gasteiger partial charge in [-0.15, -0.1) is 0 Å². The summed E-state index contributed by atoms with van der Waals surface area (Å²) in [5, 5.41) is 0. The van der Waals surface area contributed by atoms with Crippen molar-refractivity contribution in [2.24, 2.45) is 5.73 Å². The molecule has 1 fully saturated rings. The van der Waals surface area contributed by atoms with E-state index in [4.69, 9.17) is 5.73 Å². The number of nitrogens with two attached hydrogens (primary N) is 1. The third-order valence-electron chi connectivity index (χ3n) is 2.21. The van der Waals surface area contributed by atoms with E-state index in [1.54, 1.807) is 4.90 Å². The number of nitrogens with zero attached hydrogens (tertiary/aromatic N) is 1. The lowest BCUT2D eigenvalue weighted by Gasteiger charge is -2.25. The number of amides is 2. The summed E-state index contributed by atoms with van der Waals surface area (Å²) in [6.07, 6.45) is 2.20. The first-order chi connectivity index (χ1) is 4.60. The summed E-state index contributed by atoms with van der Waals surface area (Å²) in [4.78, 5) is 12.5. The molecule has 58 valence electrons. The first kappa shape index (κ1) is 7.38. The van der Waals surface area contributed by atoms with Crippen LogP contribution in [0.4, 0.5) is 4.79 Å². The zero-order chi connectivity index (χ0) is 7.78. The van der Waals surface area contributed by atoms with Crippen LogP contribution in [-0.4, -0.2) is 23.0 Å². The number of carbonyl (C=O) groups is 1. The Labute approximate surface area is 61.2 Å². The molecule has 0 aromatic carbocycles. The maximum absolute atomic E-state index is 10.8. The van der Waals surface area contributed by atoms with Crippen molar-refractivity contribution in [2.75, 3.05) is 6.54 Å². The Hall–Kier alpha value is -0.730. The van der Waals surface area contributed by atoms with Gasteiger partial charge in [-0.3, -0.25) is 0 Å². The summed E-state index contributed by atoms with van der Waals surface area (Å²) < 4.78 is 0. The molecule has 1 saturated carbocycles. The number of carbonyl (C=O) groups excluding carboxylic acids is 1. The molecule has 1 rings (SSSR count). The van der Waals surface area contributed by atoms with E-state index in [-0.39, 0.29) is 11.6 Å². The highest BCUT2D eigenvalue weighted by molar-refractivity contribution is 5.73. The van der Waals surface area contributed by atoms with Crippen molar-refractivity contribution in [3.05, 3.63) is 0 Å². The van der Waals surface area contributed by atoms with Crippen LogP contribution in [0.1, 0.15) is 26.7 Å². The predicted molar refractivity (Wildman–Crippen MR) is 39.6 cm³/mol. The Bertz CT molecular complexity index is 152. The summed E-state index contributed by atoms with van der Waals surface area (Å²) >= 11 is 0. The van der Waals surface area contributed by atoms with Gasteiger partial charge in [0.25, 0.3) is 0 Å². The second-order valence-corrected chi connectivity index (χ2v) is 3.08. The first-order valence-electron chi connectivity index (χ1n) is 3.67. The molecule has 0 atom stereocenters. The van der Waals surface area contributed by atoms with Gasteiger partial charge in [-0.05, 0) is 26.7 Å². The van der Waals surface area contributed by atoms with E-state index >= 15 is 0 Å². The Morgan fingerprint density at radius 2 is 2.20 bits per heavy atom. The van der Waals surface area contributed by atoms with Gasteiger partial charge in [-0.1, -0.05) is 0 Å². The fraction of sp³-hybridized carbons (Fsp3) is 0.857. The summed E-state index contributed by atoms with van der Waals surface area (Å²) in [5.74, 6) is 0. The van der Waals surface area contributed by atoms with Crippen molar-refractivity contribution in [3.8, 4) is 0 Å². The van der Waals surface area contributed by atoms with Crippen LogP contribution in [0.25, 0.3) is 0 Å². The number of hydrogen-bond acceptors (Lipinski definition) is 1. The minimum absolute atomic E-state index is 0.0978.